The number of nitrogens with zero attached hydrogens (tertiary/aromatic N) is 2. The normalized spacial score (nSPS) is 12.7. The third kappa shape index (κ3) is 3.14. The molecule has 0 aliphatic heterocycles. The molecular weight excluding hydrogens is 274 g/mol. The Morgan fingerprint density at radius 2 is 1.95 bits per heavy atom. The summed E-state index contributed by atoms with van der Waals surface area (Å²) in [4.78, 5) is 0. The van der Waals surface area contributed by atoms with Gasteiger partial charge >= 0.3 is 0 Å². The van der Waals surface area contributed by atoms with Crippen molar-refractivity contribution in [3.05, 3.63) is 46.7 Å². The highest BCUT2D eigenvalue weighted by Gasteiger charge is 2.18. The van der Waals surface area contributed by atoms with Gasteiger partial charge in [0.2, 0.25) is 0 Å². The minimum atomic E-state index is -0.180. The maximum atomic E-state index is 6.30. The molecule has 0 bridgehead atoms. The first kappa shape index (κ1) is 14.9. The van der Waals surface area contributed by atoms with Gasteiger partial charge in [-0.1, -0.05) is 23.7 Å². The van der Waals surface area contributed by atoms with Crippen LogP contribution < -0.4 is 10.5 Å². The smallest absolute Gasteiger partial charge is 0.118 e. The van der Waals surface area contributed by atoms with E-state index in [0.717, 1.165) is 17.0 Å². The summed E-state index contributed by atoms with van der Waals surface area (Å²) >= 11 is 6.21. The van der Waals surface area contributed by atoms with E-state index in [9.17, 15) is 0 Å². The SMILES string of the molecule is COc1ccc(CC(N)c2c(Cl)cnn2C(C)C)cc1. The topological polar surface area (TPSA) is 53.1 Å². The Bertz CT molecular complexity index is 563. The third-order valence-electron chi connectivity index (χ3n) is 3.24. The summed E-state index contributed by atoms with van der Waals surface area (Å²) < 4.78 is 7.04. The van der Waals surface area contributed by atoms with Gasteiger partial charge in [0.15, 0.2) is 0 Å². The Morgan fingerprint density at radius 1 is 1.30 bits per heavy atom. The molecule has 5 heteroatoms. The van der Waals surface area contributed by atoms with E-state index in [1.54, 1.807) is 13.3 Å². The highest BCUT2D eigenvalue weighted by Crippen LogP contribution is 2.26. The Balaban J connectivity index is 2.19. The van der Waals surface area contributed by atoms with E-state index >= 15 is 0 Å². The average molecular weight is 294 g/mol. The van der Waals surface area contributed by atoms with Gasteiger partial charge in [-0.25, -0.2) is 0 Å². The van der Waals surface area contributed by atoms with Gasteiger partial charge in [-0.05, 0) is 38.0 Å². The lowest BCUT2D eigenvalue weighted by atomic mass is 10.0. The molecule has 0 aliphatic rings. The van der Waals surface area contributed by atoms with Crippen LogP contribution in [0.4, 0.5) is 0 Å². The second-order valence-electron chi connectivity index (χ2n) is 5.07. The molecule has 1 aromatic carbocycles. The molecule has 1 heterocycles. The average Bonchev–Trinajstić information content (AvgIpc) is 2.81. The summed E-state index contributed by atoms with van der Waals surface area (Å²) in [5.41, 5.74) is 8.34. The molecule has 20 heavy (non-hydrogen) atoms. The van der Waals surface area contributed by atoms with Crippen LogP contribution in [-0.4, -0.2) is 16.9 Å². The van der Waals surface area contributed by atoms with Crippen LogP contribution in [0.15, 0.2) is 30.5 Å². The monoisotopic (exact) mass is 293 g/mol. The van der Waals surface area contributed by atoms with Crippen LogP contribution in [0.1, 0.15) is 37.2 Å². The van der Waals surface area contributed by atoms with Crippen molar-refractivity contribution >= 4 is 11.6 Å². The number of rotatable bonds is 5. The first-order chi connectivity index (χ1) is 9.52. The van der Waals surface area contributed by atoms with Gasteiger partial charge in [0.25, 0.3) is 0 Å². The summed E-state index contributed by atoms with van der Waals surface area (Å²) in [5.74, 6) is 0.840. The van der Waals surface area contributed by atoms with Crippen molar-refractivity contribution in [1.82, 2.24) is 9.78 Å². The fraction of sp³-hybridized carbons (Fsp3) is 0.400. The number of hydrogen-bond donors (Lipinski definition) is 1. The predicted octanol–water partition coefficient (Wildman–Crippen LogP) is 3.37. The quantitative estimate of drug-likeness (QED) is 0.919. The Kier molecular flexibility index (Phi) is 4.68. The second-order valence-corrected chi connectivity index (χ2v) is 5.48. The Morgan fingerprint density at radius 3 is 2.50 bits per heavy atom. The number of benzene rings is 1. The van der Waals surface area contributed by atoms with Crippen molar-refractivity contribution < 1.29 is 4.74 Å². The maximum Gasteiger partial charge on any atom is 0.118 e. The maximum absolute atomic E-state index is 6.30. The van der Waals surface area contributed by atoms with Crippen LogP contribution in [0.5, 0.6) is 5.75 Å². The fourth-order valence-electron chi connectivity index (χ4n) is 2.22. The molecule has 1 aromatic heterocycles. The third-order valence-corrected chi connectivity index (χ3v) is 3.53. The lowest BCUT2D eigenvalue weighted by Crippen LogP contribution is -2.20. The Hall–Kier alpha value is -1.52. The van der Waals surface area contributed by atoms with Crippen molar-refractivity contribution in [3.63, 3.8) is 0 Å². The van der Waals surface area contributed by atoms with E-state index in [0.29, 0.717) is 11.4 Å². The number of hydrogen-bond acceptors (Lipinski definition) is 3. The summed E-state index contributed by atoms with van der Waals surface area (Å²) in [5, 5.41) is 4.91. The molecule has 0 saturated heterocycles. The lowest BCUT2D eigenvalue weighted by Gasteiger charge is -2.17. The minimum Gasteiger partial charge on any atom is -0.497 e. The van der Waals surface area contributed by atoms with Crippen LogP contribution in [0, 0.1) is 0 Å². The van der Waals surface area contributed by atoms with Crippen molar-refractivity contribution in [2.45, 2.75) is 32.4 Å². The number of ether oxygens (including phenoxy) is 1. The van der Waals surface area contributed by atoms with E-state index in [1.807, 2.05) is 28.9 Å². The summed E-state index contributed by atoms with van der Waals surface area (Å²) in [6.07, 6.45) is 2.37. The van der Waals surface area contributed by atoms with Crippen molar-refractivity contribution in [2.75, 3.05) is 7.11 Å². The molecule has 0 radical (unpaired) electrons. The summed E-state index contributed by atoms with van der Waals surface area (Å²) in [6, 6.07) is 7.96. The number of nitrogens with two attached hydrogens (primary N) is 1. The van der Waals surface area contributed by atoms with Crippen LogP contribution in [0.2, 0.25) is 5.02 Å². The summed E-state index contributed by atoms with van der Waals surface area (Å²) in [7, 11) is 1.65. The standard InChI is InChI=1S/C15H20ClN3O/c1-10(2)19-15(13(16)9-18-19)14(17)8-11-4-6-12(20-3)7-5-11/h4-7,9-10,14H,8,17H2,1-3H3. The van der Waals surface area contributed by atoms with Crippen LogP contribution >= 0.6 is 11.6 Å². The zero-order valence-corrected chi connectivity index (χ0v) is 12.8. The Labute approximate surface area is 124 Å². The largest absolute Gasteiger partial charge is 0.497 e. The van der Waals surface area contributed by atoms with E-state index in [2.05, 4.69) is 18.9 Å². The van der Waals surface area contributed by atoms with Crippen molar-refractivity contribution in [3.8, 4) is 5.75 Å². The first-order valence-corrected chi connectivity index (χ1v) is 7.02. The van der Waals surface area contributed by atoms with E-state index in [1.165, 1.54) is 0 Å². The molecule has 0 amide bonds. The number of methoxy groups -OCH3 is 1. The van der Waals surface area contributed by atoms with Crippen LogP contribution in [-0.2, 0) is 6.42 Å². The molecule has 108 valence electrons. The van der Waals surface area contributed by atoms with E-state index in [-0.39, 0.29) is 12.1 Å². The van der Waals surface area contributed by atoms with Crippen molar-refractivity contribution in [1.29, 1.82) is 0 Å². The van der Waals surface area contributed by atoms with E-state index < -0.39 is 0 Å². The highest BCUT2D eigenvalue weighted by molar-refractivity contribution is 6.31. The minimum absolute atomic E-state index is 0.180. The van der Waals surface area contributed by atoms with Gasteiger partial charge in [-0.15, -0.1) is 0 Å². The zero-order valence-electron chi connectivity index (χ0n) is 12.0. The van der Waals surface area contributed by atoms with Crippen LogP contribution in [0.3, 0.4) is 0 Å². The van der Waals surface area contributed by atoms with Crippen molar-refractivity contribution in [2.24, 2.45) is 5.73 Å². The lowest BCUT2D eigenvalue weighted by molar-refractivity contribution is 0.414. The van der Waals surface area contributed by atoms with Gasteiger partial charge in [0.05, 0.1) is 30.1 Å². The molecule has 2 aromatic rings. The molecule has 0 saturated carbocycles. The molecule has 2 N–H and O–H groups in total. The van der Waals surface area contributed by atoms with E-state index in [4.69, 9.17) is 22.1 Å². The molecule has 2 rings (SSSR count). The zero-order chi connectivity index (χ0) is 14.7. The van der Waals surface area contributed by atoms with Crippen LogP contribution in [0.25, 0.3) is 0 Å². The highest BCUT2D eigenvalue weighted by atomic mass is 35.5. The van der Waals surface area contributed by atoms with Gasteiger partial charge in [-0.3, -0.25) is 4.68 Å². The molecule has 0 fully saturated rings. The first-order valence-electron chi connectivity index (χ1n) is 6.64. The molecule has 0 spiro atoms. The van der Waals surface area contributed by atoms with Gasteiger partial charge in [0.1, 0.15) is 5.75 Å². The summed E-state index contributed by atoms with van der Waals surface area (Å²) in [6.45, 7) is 4.12. The molecule has 4 nitrogen and oxygen atoms in total. The number of halogens is 1. The van der Waals surface area contributed by atoms with Gasteiger partial charge in [-0.2, -0.15) is 5.10 Å². The number of aromatic nitrogens is 2. The molecular formula is C15H20ClN3O. The van der Waals surface area contributed by atoms with Gasteiger partial charge in [0, 0.05) is 6.04 Å². The fourth-order valence-corrected chi connectivity index (χ4v) is 2.49. The molecule has 0 aliphatic carbocycles. The molecule has 1 atom stereocenters. The second kappa shape index (κ2) is 6.29. The molecule has 1 unspecified atom stereocenters. The predicted molar refractivity (Wildman–Crippen MR) is 81.2 cm³/mol. The van der Waals surface area contributed by atoms with Gasteiger partial charge < -0.3 is 10.5 Å².